The van der Waals surface area contributed by atoms with Crippen LogP contribution in [0.2, 0.25) is 5.02 Å². The molecule has 0 heterocycles. The first-order valence-electron chi connectivity index (χ1n) is 6.49. The highest BCUT2D eigenvalue weighted by Crippen LogP contribution is 2.32. The molecule has 20 heavy (non-hydrogen) atoms. The van der Waals surface area contributed by atoms with Gasteiger partial charge in [0.1, 0.15) is 5.75 Å². The summed E-state index contributed by atoms with van der Waals surface area (Å²) < 4.78 is 6.41. The van der Waals surface area contributed by atoms with E-state index in [2.05, 4.69) is 34.2 Å². The van der Waals surface area contributed by atoms with E-state index in [4.69, 9.17) is 16.3 Å². The number of hydrogen-bond donors (Lipinski definition) is 1. The van der Waals surface area contributed by atoms with Gasteiger partial charge < -0.3 is 10.1 Å². The zero-order valence-electron chi connectivity index (χ0n) is 11.5. The third-order valence-electron chi connectivity index (χ3n) is 3.15. The first-order valence-corrected chi connectivity index (χ1v) is 7.66. The number of rotatable bonds is 5. The molecule has 1 atom stereocenters. The molecule has 0 fully saturated rings. The zero-order valence-corrected chi connectivity index (χ0v) is 13.8. The van der Waals surface area contributed by atoms with Gasteiger partial charge >= 0.3 is 0 Å². The lowest BCUT2D eigenvalue weighted by molar-refractivity contribution is 0.416. The van der Waals surface area contributed by atoms with E-state index in [1.54, 1.807) is 7.11 Å². The minimum atomic E-state index is 0.192. The Morgan fingerprint density at radius 2 is 2.05 bits per heavy atom. The summed E-state index contributed by atoms with van der Waals surface area (Å²) in [6.45, 7) is 2.14. The van der Waals surface area contributed by atoms with Gasteiger partial charge in [0.05, 0.1) is 18.8 Å². The Hall–Kier alpha value is -1.19. The van der Waals surface area contributed by atoms with Crippen molar-refractivity contribution in [3.63, 3.8) is 0 Å². The number of hydrogen-bond acceptors (Lipinski definition) is 2. The maximum atomic E-state index is 6.07. The van der Waals surface area contributed by atoms with Crippen LogP contribution in [0.3, 0.4) is 0 Å². The van der Waals surface area contributed by atoms with Gasteiger partial charge in [-0.25, -0.2) is 0 Å². The molecule has 0 saturated carbocycles. The van der Waals surface area contributed by atoms with E-state index < -0.39 is 0 Å². The van der Waals surface area contributed by atoms with Gasteiger partial charge in [-0.3, -0.25) is 0 Å². The van der Waals surface area contributed by atoms with Crippen LogP contribution in [-0.2, 0) is 0 Å². The monoisotopic (exact) mass is 353 g/mol. The van der Waals surface area contributed by atoms with Gasteiger partial charge in [-0.1, -0.05) is 46.6 Å². The van der Waals surface area contributed by atoms with Crippen LogP contribution in [0.4, 0.5) is 5.69 Å². The smallest absolute Gasteiger partial charge is 0.142 e. The van der Waals surface area contributed by atoms with Crippen LogP contribution in [-0.4, -0.2) is 7.11 Å². The Balaban J connectivity index is 2.28. The molecule has 4 heteroatoms. The fourth-order valence-corrected chi connectivity index (χ4v) is 2.68. The van der Waals surface area contributed by atoms with Gasteiger partial charge in [0.15, 0.2) is 0 Å². The van der Waals surface area contributed by atoms with Crippen molar-refractivity contribution in [3.05, 3.63) is 57.5 Å². The van der Waals surface area contributed by atoms with Crippen molar-refractivity contribution >= 4 is 33.2 Å². The molecule has 2 aromatic rings. The Kier molecular flexibility index (Phi) is 5.32. The molecule has 0 aliphatic carbocycles. The molecule has 0 aliphatic rings. The Morgan fingerprint density at radius 3 is 2.70 bits per heavy atom. The van der Waals surface area contributed by atoms with Crippen molar-refractivity contribution in [1.82, 2.24) is 0 Å². The molecular formula is C16H17BrClNO. The Labute approximate surface area is 133 Å². The lowest BCUT2D eigenvalue weighted by Gasteiger charge is -2.21. The third kappa shape index (κ3) is 3.68. The Bertz CT molecular complexity index is 588. The van der Waals surface area contributed by atoms with E-state index >= 15 is 0 Å². The van der Waals surface area contributed by atoms with Gasteiger partial charge in [-0.05, 0) is 42.3 Å². The van der Waals surface area contributed by atoms with Crippen molar-refractivity contribution in [2.24, 2.45) is 0 Å². The lowest BCUT2D eigenvalue weighted by Crippen LogP contribution is -2.10. The van der Waals surface area contributed by atoms with Crippen molar-refractivity contribution in [2.45, 2.75) is 19.4 Å². The summed E-state index contributed by atoms with van der Waals surface area (Å²) >= 11 is 9.56. The summed E-state index contributed by atoms with van der Waals surface area (Å²) in [5, 5.41) is 4.27. The second-order valence-corrected chi connectivity index (χ2v) is 5.86. The summed E-state index contributed by atoms with van der Waals surface area (Å²) in [4.78, 5) is 0. The molecule has 0 spiro atoms. The fourth-order valence-electron chi connectivity index (χ4n) is 2.13. The molecule has 0 aliphatic heterocycles. The molecule has 0 bridgehead atoms. The number of anilines is 1. The number of methoxy groups -OCH3 is 1. The molecule has 0 aromatic heterocycles. The molecule has 2 rings (SSSR count). The van der Waals surface area contributed by atoms with Crippen molar-refractivity contribution in [3.8, 4) is 5.75 Å². The summed E-state index contributed by atoms with van der Waals surface area (Å²) in [7, 11) is 1.68. The highest BCUT2D eigenvalue weighted by Gasteiger charge is 2.12. The first-order chi connectivity index (χ1) is 9.63. The normalized spacial score (nSPS) is 12.0. The lowest BCUT2D eigenvalue weighted by atomic mass is 10.0. The van der Waals surface area contributed by atoms with Crippen molar-refractivity contribution < 1.29 is 4.74 Å². The van der Waals surface area contributed by atoms with E-state index in [1.165, 1.54) is 5.56 Å². The minimum absolute atomic E-state index is 0.192. The molecular weight excluding hydrogens is 338 g/mol. The molecule has 0 saturated heterocycles. The predicted octanol–water partition coefficient (Wildman–Crippen LogP) is 5.67. The van der Waals surface area contributed by atoms with Crippen LogP contribution in [0, 0.1) is 0 Å². The second kappa shape index (κ2) is 7.00. The molecule has 1 unspecified atom stereocenters. The first kappa shape index (κ1) is 15.2. The Morgan fingerprint density at radius 1 is 1.25 bits per heavy atom. The van der Waals surface area contributed by atoms with Crippen LogP contribution in [0.1, 0.15) is 24.9 Å². The maximum absolute atomic E-state index is 6.07. The highest BCUT2D eigenvalue weighted by atomic mass is 79.9. The quantitative estimate of drug-likeness (QED) is 0.746. The number of halogens is 2. The fraction of sp³-hybridized carbons (Fsp3) is 0.250. The van der Waals surface area contributed by atoms with Crippen LogP contribution >= 0.6 is 27.5 Å². The van der Waals surface area contributed by atoms with Crippen LogP contribution < -0.4 is 10.1 Å². The minimum Gasteiger partial charge on any atom is -0.495 e. The summed E-state index contributed by atoms with van der Waals surface area (Å²) in [5.41, 5.74) is 2.13. The SMILES string of the molecule is CCC(Nc1cc(Br)ccc1OC)c1cccc(Cl)c1. The van der Waals surface area contributed by atoms with E-state index in [0.29, 0.717) is 0 Å². The summed E-state index contributed by atoms with van der Waals surface area (Å²) in [6, 6.07) is 14.0. The van der Waals surface area contributed by atoms with Gasteiger partial charge in [0, 0.05) is 9.50 Å². The number of benzene rings is 2. The van der Waals surface area contributed by atoms with Gasteiger partial charge in [0.2, 0.25) is 0 Å². The summed E-state index contributed by atoms with van der Waals surface area (Å²) in [6.07, 6.45) is 0.954. The predicted molar refractivity (Wildman–Crippen MR) is 88.8 cm³/mol. The zero-order chi connectivity index (χ0) is 14.5. The van der Waals surface area contributed by atoms with Gasteiger partial charge in [0.25, 0.3) is 0 Å². The van der Waals surface area contributed by atoms with Crippen LogP contribution in [0.25, 0.3) is 0 Å². The molecule has 0 amide bonds. The molecule has 2 nitrogen and oxygen atoms in total. The molecule has 106 valence electrons. The van der Waals surface area contributed by atoms with Gasteiger partial charge in [-0.15, -0.1) is 0 Å². The highest BCUT2D eigenvalue weighted by molar-refractivity contribution is 9.10. The van der Waals surface area contributed by atoms with E-state index in [0.717, 1.165) is 27.4 Å². The maximum Gasteiger partial charge on any atom is 0.142 e. The van der Waals surface area contributed by atoms with Crippen molar-refractivity contribution in [2.75, 3.05) is 12.4 Å². The average molecular weight is 355 g/mol. The molecule has 2 aromatic carbocycles. The molecule has 1 N–H and O–H groups in total. The second-order valence-electron chi connectivity index (χ2n) is 4.50. The third-order valence-corrected chi connectivity index (χ3v) is 3.88. The van der Waals surface area contributed by atoms with E-state index in [-0.39, 0.29) is 6.04 Å². The van der Waals surface area contributed by atoms with Crippen molar-refractivity contribution in [1.29, 1.82) is 0 Å². The average Bonchev–Trinajstić information content (AvgIpc) is 2.45. The summed E-state index contributed by atoms with van der Waals surface area (Å²) in [5.74, 6) is 0.827. The topological polar surface area (TPSA) is 21.3 Å². The van der Waals surface area contributed by atoms with E-state index in [9.17, 15) is 0 Å². The van der Waals surface area contributed by atoms with Crippen LogP contribution in [0.5, 0.6) is 5.75 Å². The number of ether oxygens (including phenoxy) is 1. The number of nitrogens with one attached hydrogen (secondary N) is 1. The van der Waals surface area contributed by atoms with E-state index in [1.807, 2.05) is 36.4 Å². The van der Waals surface area contributed by atoms with Gasteiger partial charge in [-0.2, -0.15) is 0 Å². The largest absolute Gasteiger partial charge is 0.495 e. The molecule has 0 radical (unpaired) electrons. The van der Waals surface area contributed by atoms with Crippen LogP contribution in [0.15, 0.2) is 46.9 Å². The standard InChI is InChI=1S/C16H17BrClNO/c1-3-14(11-5-4-6-13(18)9-11)19-15-10-12(17)7-8-16(15)20-2/h4-10,14,19H,3H2,1-2H3.